The summed E-state index contributed by atoms with van der Waals surface area (Å²) in [5.41, 5.74) is 2.01. The summed E-state index contributed by atoms with van der Waals surface area (Å²) in [5.74, 6) is 0.0101. The van der Waals surface area contributed by atoms with E-state index >= 15 is 0 Å². The zero-order valence-corrected chi connectivity index (χ0v) is 20.5. The monoisotopic (exact) mass is 513 g/mol. The van der Waals surface area contributed by atoms with Crippen molar-refractivity contribution in [1.29, 1.82) is 0 Å². The van der Waals surface area contributed by atoms with E-state index < -0.39 is 13.9 Å². The number of amides is 1. The molecular weight excluding hydrogens is 492 g/mol. The lowest BCUT2D eigenvalue weighted by molar-refractivity contribution is 0.0794. The van der Waals surface area contributed by atoms with Gasteiger partial charge in [0.15, 0.2) is 0 Å². The summed E-state index contributed by atoms with van der Waals surface area (Å²) in [6.07, 6.45) is 3.34. The van der Waals surface area contributed by atoms with Gasteiger partial charge in [-0.1, -0.05) is 23.2 Å². The smallest absolute Gasteiger partial charge is 0.345 e. The number of benzene rings is 2. The van der Waals surface area contributed by atoms with Crippen molar-refractivity contribution in [3.8, 4) is 0 Å². The number of halogens is 2. The molecule has 1 aliphatic rings. The van der Waals surface area contributed by atoms with E-state index in [1.807, 2.05) is 34.8 Å². The molecular formula is C21H22Cl2N3O4PS. The highest BCUT2D eigenvalue weighted by molar-refractivity contribution is 8.01. The molecule has 0 saturated carbocycles. The molecule has 1 fully saturated rings. The van der Waals surface area contributed by atoms with Crippen molar-refractivity contribution in [1.82, 2.24) is 9.47 Å². The van der Waals surface area contributed by atoms with Gasteiger partial charge in [0.2, 0.25) is 0 Å². The number of carbonyl (C=O) groups excluding carboxylic acids is 1. The lowest BCUT2D eigenvalue weighted by Crippen LogP contribution is -2.27. The molecule has 0 atom stereocenters. The second-order valence-corrected chi connectivity index (χ2v) is 11.3. The minimum atomic E-state index is -4.37. The fourth-order valence-corrected chi connectivity index (χ4v) is 6.50. The molecule has 0 bridgehead atoms. The first-order valence-corrected chi connectivity index (χ1v) is 13.3. The van der Waals surface area contributed by atoms with Crippen LogP contribution in [0.3, 0.4) is 0 Å². The highest BCUT2D eigenvalue weighted by atomic mass is 35.5. The Hall–Kier alpha value is -1.67. The molecule has 3 aromatic rings. The molecule has 32 heavy (non-hydrogen) atoms. The summed E-state index contributed by atoms with van der Waals surface area (Å²) in [4.78, 5) is 34.8. The van der Waals surface area contributed by atoms with Crippen LogP contribution in [-0.4, -0.2) is 44.5 Å². The van der Waals surface area contributed by atoms with Gasteiger partial charge < -0.3 is 19.3 Å². The minimum absolute atomic E-state index is 0.0101. The van der Waals surface area contributed by atoms with E-state index in [9.17, 15) is 19.1 Å². The zero-order valence-electron chi connectivity index (χ0n) is 17.2. The molecule has 1 amide bonds. The van der Waals surface area contributed by atoms with E-state index in [1.54, 1.807) is 24.3 Å². The third kappa shape index (κ3) is 5.28. The molecule has 0 aliphatic carbocycles. The van der Waals surface area contributed by atoms with Gasteiger partial charge in [-0.2, -0.15) is 0 Å². The number of rotatable bonds is 6. The van der Waals surface area contributed by atoms with Crippen LogP contribution in [0.15, 0.2) is 47.5 Å². The van der Waals surface area contributed by atoms with E-state index in [0.717, 1.165) is 48.8 Å². The number of hydrogen-bond acceptors (Lipinski definition) is 4. The van der Waals surface area contributed by atoms with Crippen LogP contribution in [0.25, 0.3) is 10.9 Å². The Labute approximate surface area is 200 Å². The molecule has 4 rings (SSSR count). The largest absolute Gasteiger partial charge is 0.350 e. The summed E-state index contributed by atoms with van der Waals surface area (Å²) in [5, 5.41) is 1.67. The van der Waals surface area contributed by atoms with Crippen molar-refractivity contribution in [3.63, 3.8) is 0 Å². The van der Waals surface area contributed by atoms with E-state index in [-0.39, 0.29) is 5.91 Å². The van der Waals surface area contributed by atoms with Crippen molar-refractivity contribution in [3.05, 3.63) is 58.2 Å². The molecule has 2 N–H and O–H groups in total. The SMILES string of the molecule is Cn1cc(C(=O)N2CCCC2)c2ccc(N(CP(=O)(O)O)Sc3cc(Cl)cc(Cl)c3)cc21. The standard InChI is InChI=1S/C21H22Cl2N3O4PS/c1-24-12-19(21(27)25-6-2-3-7-25)18-5-4-16(11-20(18)24)26(13-31(28,29)30)32-17-9-14(22)8-15(23)10-17/h4-5,8-12H,2-3,6-7,13H2,1H3,(H2,28,29,30). The Morgan fingerprint density at radius 2 is 1.78 bits per heavy atom. The van der Waals surface area contributed by atoms with Crippen LogP contribution in [0.5, 0.6) is 0 Å². The fraction of sp³-hybridized carbons (Fsp3) is 0.286. The highest BCUT2D eigenvalue weighted by Gasteiger charge is 2.25. The van der Waals surface area contributed by atoms with E-state index in [2.05, 4.69) is 0 Å². The van der Waals surface area contributed by atoms with Crippen LogP contribution in [0, 0.1) is 0 Å². The number of fused-ring (bicyclic) bond motifs is 1. The molecule has 0 spiro atoms. The molecule has 2 aromatic carbocycles. The summed E-state index contributed by atoms with van der Waals surface area (Å²) < 4.78 is 15.2. The average molecular weight is 514 g/mol. The van der Waals surface area contributed by atoms with E-state index in [0.29, 0.717) is 26.2 Å². The van der Waals surface area contributed by atoms with Crippen LogP contribution in [0.1, 0.15) is 23.2 Å². The van der Waals surface area contributed by atoms with E-state index in [4.69, 9.17) is 23.2 Å². The van der Waals surface area contributed by atoms with Crippen LogP contribution in [-0.2, 0) is 11.6 Å². The number of nitrogens with zero attached hydrogens (tertiary/aromatic N) is 3. The van der Waals surface area contributed by atoms with Gasteiger partial charge in [0.1, 0.15) is 6.29 Å². The Bertz CT molecular complexity index is 1200. The lowest BCUT2D eigenvalue weighted by Gasteiger charge is -2.24. The maximum atomic E-state index is 13.0. The van der Waals surface area contributed by atoms with Gasteiger partial charge in [-0.05, 0) is 61.2 Å². The molecule has 2 heterocycles. The van der Waals surface area contributed by atoms with E-state index in [1.165, 1.54) is 4.31 Å². The molecule has 0 unspecified atom stereocenters. The number of hydrogen-bond donors (Lipinski definition) is 2. The number of aromatic nitrogens is 1. The number of anilines is 1. The molecule has 0 radical (unpaired) electrons. The predicted molar refractivity (Wildman–Crippen MR) is 130 cm³/mol. The second kappa shape index (κ2) is 9.29. The lowest BCUT2D eigenvalue weighted by atomic mass is 10.1. The second-order valence-electron chi connectivity index (χ2n) is 7.74. The van der Waals surface area contributed by atoms with Crippen molar-refractivity contribution in [2.45, 2.75) is 17.7 Å². The van der Waals surface area contributed by atoms with Gasteiger partial charge in [-0.25, -0.2) is 0 Å². The first-order valence-electron chi connectivity index (χ1n) is 9.95. The van der Waals surface area contributed by atoms with Crippen molar-refractivity contribution in [2.24, 2.45) is 7.05 Å². The maximum absolute atomic E-state index is 13.0. The Morgan fingerprint density at radius 3 is 2.41 bits per heavy atom. The minimum Gasteiger partial charge on any atom is -0.350 e. The number of aryl methyl sites for hydroxylation is 1. The van der Waals surface area contributed by atoms with Crippen LogP contribution < -0.4 is 4.31 Å². The molecule has 1 aromatic heterocycles. The Balaban J connectivity index is 1.71. The summed E-state index contributed by atoms with van der Waals surface area (Å²) in [7, 11) is -2.52. The Morgan fingerprint density at radius 1 is 1.12 bits per heavy atom. The van der Waals surface area contributed by atoms with Gasteiger partial charge in [-0.15, -0.1) is 0 Å². The van der Waals surface area contributed by atoms with Crippen molar-refractivity contribution >= 4 is 65.2 Å². The fourth-order valence-electron chi connectivity index (χ4n) is 3.83. The van der Waals surface area contributed by atoms with Gasteiger partial charge in [0, 0.05) is 46.7 Å². The average Bonchev–Trinajstić information content (AvgIpc) is 3.33. The third-order valence-electron chi connectivity index (χ3n) is 5.25. The zero-order chi connectivity index (χ0) is 23.0. The highest BCUT2D eigenvalue weighted by Crippen LogP contribution is 2.43. The molecule has 7 nitrogen and oxygen atoms in total. The van der Waals surface area contributed by atoms with Crippen molar-refractivity contribution in [2.75, 3.05) is 23.7 Å². The van der Waals surface area contributed by atoms with Gasteiger partial charge in [0.25, 0.3) is 5.91 Å². The van der Waals surface area contributed by atoms with Gasteiger partial charge >= 0.3 is 7.60 Å². The van der Waals surface area contributed by atoms with Crippen LogP contribution in [0.2, 0.25) is 10.0 Å². The molecule has 1 aliphatic heterocycles. The number of carbonyl (C=O) groups is 1. The maximum Gasteiger partial charge on any atom is 0.345 e. The summed E-state index contributed by atoms with van der Waals surface area (Å²) >= 11 is 13.3. The van der Waals surface area contributed by atoms with Crippen LogP contribution in [0.4, 0.5) is 5.69 Å². The Kier molecular flexibility index (Phi) is 6.82. The predicted octanol–water partition coefficient (Wildman–Crippen LogP) is 5.37. The number of likely N-dealkylation sites (tertiary alicyclic amines) is 1. The summed E-state index contributed by atoms with van der Waals surface area (Å²) in [6.45, 7) is 1.53. The van der Waals surface area contributed by atoms with Crippen LogP contribution >= 0.6 is 42.7 Å². The molecule has 1 saturated heterocycles. The topological polar surface area (TPSA) is 86.0 Å². The van der Waals surface area contributed by atoms with Gasteiger partial charge in [0.05, 0.1) is 16.8 Å². The van der Waals surface area contributed by atoms with Crippen molar-refractivity contribution < 1.29 is 19.1 Å². The van der Waals surface area contributed by atoms with Gasteiger partial charge in [-0.3, -0.25) is 13.7 Å². The summed E-state index contributed by atoms with van der Waals surface area (Å²) in [6, 6.07) is 10.4. The first kappa shape index (κ1) is 23.5. The molecule has 11 heteroatoms. The third-order valence-corrected chi connectivity index (χ3v) is 7.54. The first-order chi connectivity index (χ1) is 15.1. The molecule has 170 valence electrons. The normalized spacial score (nSPS) is 14.3. The quantitative estimate of drug-likeness (QED) is 0.340.